The van der Waals surface area contributed by atoms with Crippen molar-refractivity contribution in [2.24, 2.45) is 5.92 Å². The van der Waals surface area contributed by atoms with Gasteiger partial charge in [0.25, 0.3) is 0 Å². The van der Waals surface area contributed by atoms with E-state index in [2.05, 4.69) is 5.32 Å². The summed E-state index contributed by atoms with van der Waals surface area (Å²) in [6.07, 6.45) is 1.60. The zero-order valence-corrected chi connectivity index (χ0v) is 13.7. The zero-order chi connectivity index (χ0) is 16.8. The quantitative estimate of drug-likeness (QED) is 0.866. The van der Waals surface area contributed by atoms with Crippen LogP contribution in [0.2, 0.25) is 0 Å². The largest absolute Gasteiger partial charge is 0.343 e. The molecule has 0 aromatic heterocycles. The van der Waals surface area contributed by atoms with Crippen molar-refractivity contribution in [1.29, 1.82) is 0 Å². The first-order valence-corrected chi connectivity index (χ1v) is 8.01. The molecule has 1 N–H and O–H groups in total. The van der Waals surface area contributed by atoms with Gasteiger partial charge in [0.05, 0.1) is 6.04 Å². The highest BCUT2D eigenvalue weighted by atomic mass is 19.1. The molecular weight excluding hydrogens is 297 g/mol. The lowest BCUT2D eigenvalue weighted by Crippen LogP contribution is -2.44. The summed E-state index contributed by atoms with van der Waals surface area (Å²) in [4.78, 5) is 26.8. The summed E-state index contributed by atoms with van der Waals surface area (Å²) >= 11 is 0. The predicted molar refractivity (Wildman–Crippen MR) is 86.3 cm³/mol. The molecule has 126 valence electrons. The van der Waals surface area contributed by atoms with Crippen LogP contribution in [0, 0.1) is 11.7 Å². The molecule has 0 radical (unpaired) electrons. The number of amides is 3. The average Bonchev–Trinajstić information content (AvgIpc) is 2.78. The van der Waals surface area contributed by atoms with E-state index in [0.717, 1.165) is 18.4 Å². The standard InChI is InChI=1S/C17H24FN3O2/c1-13(2)16(14-4-6-15(18)7-5-14)19-17(23)21-9-3-8-20(12-22)10-11-21/h4-7,12-13,16H,3,8-11H2,1-2H3,(H,19,23). The van der Waals surface area contributed by atoms with Gasteiger partial charge in [0, 0.05) is 26.2 Å². The van der Waals surface area contributed by atoms with Crippen LogP contribution in [-0.4, -0.2) is 48.4 Å². The van der Waals surface area contributed by atoms with Crippen molar-refractivity contribution in [3.63, 3.8) is 0 Å². The number of nitrogens with zero attached hydrogens (tertiary/aromatic N) is 2. The molecule has 0 aliphatic carbocycles. The van der Waals surface area contributed by atoms with Crippen LogP contribution in [-0.2, 0) is 4.79 Å². The van der Waals surface area contributed by atoms with Crippen LogP contribution in [0.3, 0.4) is 0 Å². The summed E-state index contributed by atoms with van der Waals surface area (Å²) in [5.41, 5.74) is 0.888. The fraction of sp³-hybridized carbons (Fsp3) is 0.529. The molecule has 1 aliphatic rings. The van der Waals surface area contributed by atoms with Crippen molar-refractivity contribution in [2.75, 3.05) is 26.2 Å². The summed E-state index contributed by atoms with van der Waals surface area (Å²) < 4.78 is 13.1. The van der Waals surface area contributed by atoms with Crippen molar-refractivity contribution in [1.82, 2.24) is 15.1 Å². The minimum atomic E-state index is -0.288. The van der Waals surface area contributed by atoms with Gasteiger partial charge < -0.3 is 15.1 Å². The van der Waals surface area contributed by atoms with E-state index in [1.54, 1.807) is 21.9 Å². The summed E-state index contributed by atoms with van der Waals surface area (Å²) in [6, 6.07) is 5.91. The number of hydrogen-bond acceptors (Lipinski definition) is 2. The molecule has 1 aliphatic heterocycles. The molecule has 1 atom stereocenters. The summed E-state index contributed by atoms with van der Waals surface area (Å²) in [5.74, 6) is -0.105. The Kier molecular flexibility index (Phi) is 5.96. The van der Waals surface area contributed by atoms with Crippen LogP contribution in [0.15, 0.2) is 24.3 Å². The van der Waals surface area contributed by atoms with Gasteiger partial charge >= 0.3 is 6.03 Å². The summed E-state index contributed by atoms with van der Waals surface area (Å²) in [5, 5.41) is 3.04. The molecule has 1 aromatic rings. The Hall–Kier alpha value is -2.11. The highest BCUT2D eigenvalue weighted by Gasteiger charge is 2.23. The highest BCUT2D eigenvalue weighted by molar-refractivity contribution is 5.75. The fourth-order valence-corrected chi connectivity index (χ4v) is 2.78. The maximum Gasteiger partial charge on any atom is 0.317 e. The topological polar surface area (TPSA) is 52.7 Å². The van der Waals surface area contributed by atoms with Crippen molar-refractivity contribution in [2.45, 2.75) is 26.3 Å². The molecule has 6 heteroatoms. The average molecular weight is 321 g/mol. The summed E-state index contributed by atoms with van der Waals surface area (Å²) in [7, 11) is 0. The van der Waals surface area contributed by atoms with Gasteiger partial charge in [-0.3, -0.25) is 4.79 Å². The molecule has 0 bridgehead atoms. The Balaban J connectivity index is 2.03. The number of rotatable bonds is 4. The van der Waals surface area contributed by atoms with Crippen molar-refractivity contribution < 1.29 is 14.0 Å². The van der Waals surface area contributed by atoms with Crippen LogP contribution in [0.5, 0.6) is 0 Å². The Morgan fingerprint density at radius 3 is 2.48 bits per heavy atom. The molecule has 1 aromatic carbocycles. The van der Waals surface area contributed by atoms with Gasteiger partial charge in [-0.15, -0.1) is 0 Å². The number of benzene rings is 1. The maximum atomic E-state index is 13.1. The second-order valence-corrected chi connectivity index (χ2v) is 6.20. The van der Waals surface area contributed by atoms with Crippen LogP contribution in [0.4, 0.5) is 9.18 Å². The van der Waals surface area contributed by atoms with E-state index in [0.29, 0.717) is 26.2 Å². The van der Waals surface area contributed by atoms with Gasteiger partial charge in [-0.05, 0) is 30.0 Å². The molecule has 23 heavy (non-hydrogen) atoms. The minimum Gasteiger partial charge on any atom is -0.343 e. The lowest BCUT2D eigenvalue weighted by atomic mass is 9.96. The number of carbonyl (C=O) groups excluding carboxylic acids is 2. The number of hydrogen-bond donors (Lipinski definition) is 1. The Bertz CT molecular complexity index is 533. The van der Waals surface area contributed by atoms with Crippen LogP contribution in [0.25, 0.3) is 0 Å². The normalized spacial score (nSPS) is 16.9. The number of carbonyl (C=O) groups is 2. The molecule has 1 unspecified atom stereocenters. The first-order valence-electron chi connectivity index (χ1n) is 8.01. The second kappa shape index (κ2) is 7.94. The van der Waals surface area contributed by atoms with Gasteiger partial charge in [-0.25, -0.2) is 9.18 Å². The van der Waals surface area contributed by atoms with E-state index in [4.69, 9.17) is 0 Å². The lowest BCUT2D eigenvalue weighted by molar-refractivity contribution is -0.118. The van der Waals surface area contributed by atoms with Crippen molar-refractivity contribution in [3.8, 4) is 0 Å². The van der Waals surface area contributed by atoms with E-state index < -0.39 is 0 Å². The first-order chi connectivity index (χ1) is 11.0. The number of nitrogens with one attached hydrogen (secondary N) is 1. The van der Waals surface area contributed by atoms with Crippen molar-refractivity contribution >= 4 is 12.4 Å². The van der Waals surface area contributed by atoms with E-state index in [9.17, 15) is 14.0 Å². The van der Waals surface area contributed by atoms with Gasteiger partial charge in [-0.1, -0.05) is 26.0 Å². The zero-order valence-electron chi connectivity index (χ0n) is 13.7. The van der Waals surface area contributed by atoms with Crippen LogP contribution < -0.4 is 5.32 Å². The molecule has 0 saturated carbocycles. The molecule has 2 rings (SSSR count). The fourth-order valence-electron chi connectivity index (χ4n) is 2.78. The van der Waals surface area contributed by atoms with Gasteiger partial charge in [0.15, 0.2) is 0 Å². The molecular formula is C17H24FN3O2. The highest BCUT2D eigenvalue weighted by Crippen LogP contribution is 2.22. The van der Waals surface area contributed by atoms with Crippen LogP contribution in [0.1, 0.15) is 31.9 Å². The van der Waals surface area contributed by atoms with Gasteiger partial charge in [-0.2, -0.15) is 0 Å². The van der Waals surface area contributed by atoms with Gasteiger partial charge in [0.1, 0.15) is 5.82 Å². The Morgan fingerprint density at radius 2 is 1.87 bits per heavy atom. The predicted octanol–water partition coefficient (Wildman–Crippen LogP) is 2.40. The first kappa shape index (κ1) is 17.2. The van der Waals surface area contributed by atoms with E-state index in [1.807, 2.05) is 13.8 Å². The van der Waals surface area contributed by atoms with E-state index in [-0.39, 0.29) is 23.8 Å². The molecule has 1 fully saturated rings. The molecule has 1 saturated heterocycles. The smallest absolute Gasteiger partial charge is 0.317 e. The summed E-state index contributed by atoms with van der Waals surface area (Å²) in [6.45, 7) is 6.43. The molecule has 3 amide bonds. The third-order valence-electron chi connectivity index (χ3n) is 4.14. The minimum absolute atomic E-state index is 0.138. The Labute approximate surface area is 136 Å². The van der Waals surface area contributed by atoms with E-state index >= 15 is 0 Å². The third kappa shape index (κ3) is 4.68. The molecule has 0 spiro atoms. The SMILES string of the molecule is CC(C)C(NC(=O)N1CCCN(C=O)CC1)c1ccc(F)cc1. The van der Waals surface area contributed by atoms with Crippen LogP contribution >= 0.6 is 0 Å². The third-order valence-corrected chi connectivity index (χ3v) is 4.14. The molecule has 5 nitrogen and oxygen atoms in total. The lowest BCUT2D eigenvalue weighted by Gasteiger charge is -2.28. The van der Waals surface area contributed by atoms with E-state index in [1.165, 1.54) is 12.1 Å². The molecule has 1 heterocycles. The second-order valence-electron chi connectivity index (χ2n) is 6.20. The monoisotopic (exact) mass is 321 g/mol. The van der Waals surface area contributed by atoms with Crippen molar-refractivity contribution in [3.05, 3.63) is 35.6 Å². The number of urea groups is 1. The van der Waals surface area contributed by atoms with Gasteiger partial charge in [0.2, 0.25) is 6.41 Å². The number of halogens is 1. The Morgan fingerprint density at radius 1 is 1.17 bits per heavy atom. The maximum absolute atomic E-state index is 13.1.